The minimum atomic E-state index is -3.59. The van der Waals surface area contributed by atoms with Crippen molar-refractivity contribution in [2.75, 3.05) is 46.7 Å². The van der Waals surface area contributed by atoms with Crippen molar-refractivity contribution in [3.05, 3.63) is 0 Å². The molecule has 9 heteroatoms. The number of nitrogens with one attached hydrogen (secondary N) is 2. The lowest BCUT2D eigenvalue weighted by molar-refractivity contribution is -0.122. The first-order chi connectivity index (χ1) is 12.7. The molecule has 8 nitrogen and oxygen atoms in total. The average molecular weight is 411 g/mol. The molecule has 27 heavy (non-hydrogen) atoms. The van der Waals surface area contributed by atoms with Gasteiger partial charge < -0.3 is 14.2 Å². The van der Waals surface area contributed by atoms with Crippen molar-refractivity contribution in [2.24, 2.45) is 11.8 Å². The molecule has 0 radical (unpaired) electrons. The lowest BCUT2D eigenvalue weighted by Crippen LogP contribution is -2.44. The number of hydrogen-bond acceptors (Lipinski definition) is 6. The second-order valence-electron chi connectivity index (χ2n) is 7.16. The summed E-state index contributed by atoms with van der Waals surface area (Å²) < 4.78 is 44.5. The molecule has 0 aliphatic carbocycles. The number of Topliss-reactive ketones (excluding diaryl/α,β-unsaturated/α-hetero) is 1. The highest BCUT2D eigenvalue weighted by Crippen LogP contribution is 2.06. The number of hydrogen-bond donors (Lipinski definition) is 2. The van der Waals surface area contributed by atoms with E-state index in [0.29, 0.717) is 45.2 Å². The van der Waals surface area contributed by atoms with Crippen molar-refractivity contribution >= 4 is 16.0 Å². The summed E-state index contributed by atoms with van der Waals surface area (Å²) in [5.74, 6) is 0.663. The van der Waals surface area contributed by atoms with Crippen LogP contribution in [0.3, 0.4) is 0 Å². The molecule has 0 fully saturated rings. The van der Waals surface area contributed by atoms with Gasteiger partial charge in [-0.25, -0.2) is 4.72 Å². The first kappa shape index (κ1) is 26.4. The molecule has 0 aliphatic rings. The quantitative estimate of drug-likeness (QED) is 0.332. The summed E-state index contributed by atoms with van der Waals surface area (Å²) in [6, 6.07) is -0.468. The Kier molecular flexibility index (Phi) is 15.0. The zero-order valence-electron chi connectivity index (χ0n) is 17.5. The molecule has 0 aliphatic heterocycles. The fourth-order valence-electron chi connectivity index (χ4n) is 2.04. The fraction of sp³-hybridized carbons (Fsp3) is 0.944. The van der Waals surface area contributed by atoms with E-state index in [4.69, 9.17) is 14.2 Å². The normalized spacial score (nSPS) is 13.4. The average Bonchev–Trinajstić information content (AvgIpc) is 2.60. The maximum atomic E-state index is 11.8. The Hall–Kier alpha value is -0.580. The van der Waals surface area contributed by atoms with Crippen LogP contribution in [-0.2, 0) is 29.2 Å². The van der Waals surface area contributed by atoms with E-state index in [-0.39, 0.29) is 18.3 Å². The molecule has 0 bridgehead atoms. The van der Waals surface area contributed by atoms with Gasteiger partial charge in [-0.3, -0.25) is 4.79 Å². The fourth-order valence-corrected chi connectivity index (χ4v) is 2.79. The smallest absolute Gasteiger partial charge is 0.276 e. The van der Waals surface area contributed by atoms with E-state index >= 15 is 0 Å². The van der Waals surface area contributed by atoms with E-state index in [9.17, 15) is 13.2 Å². The largest absolute Gasteiger partial charge is 0.379 e. The van der Waals surface area contributed by atoms with Gasteiger partial charge in [0.15, 0.2) is 0 Å². The maximum Gasteiger partial charge on any atom is 0.276 e. The van der Waals surface area contributed by atoms with E-state index in [1.54, 1.807) is 0 Å². The first-order valence-corrected chi connectivity index (χ1v) is 11.1. The highest BCUT2D eigenvalue weighted by atomic mass is 32.2. The minimum absolute atomic E-state index is 0.0661. The van der Waals surface area contributed by atoms with Crippen LogP contribution in [0.2, 0.25) is 0 Å². The van der Waals surface area contributed by atoms with Crippen LogP contribution in [0, 0.1) is 11.8 Å². The summed E-state index contributed by atoms with van der Waals surface area (Å²) in [6.07, 6.45) is 1.73. The van der Waals surface area contributed by atoms with Crippen LogP contribution in [0.5, 0.6) is 0 Å². The summed E-state index contributed by atoms with van der Waals surface area (Å²) in [5.41, 5.74) is 0. The van der Waals surface area contributed by atoms with Gasteiger partial charge in [-0.05, 0) is 18.8 Å². The third kappa shape index (κ3) is 16.1. The molecule has 1 unspecified atom stereocenters. The van der Waals surface area contributed by atoms with Gasteiger partial charge in [0.25, 0.3) is 10.2 Å². The molecule has 0 aromatic rings. The van der Waals surface area contributed by atoms with E-state index in [2.05, 4.69) is 23.3 Å². The Balaban J connectivity index is 3.99. The molecule has 0 aromatic carbocycles. The van der Waals surface area contributed by atoms with Crippen molar-refractivity contribution in [3.8, 4) is 0 Å². The third-order valence-corrected chi connectivity index (χ3v) is 5.06. The van der Waals surface area contributed by atoms with Crippen LogP contribution in [0.15, 0.2) is 0 Å². The van der Waals surface area contributed by atoms with Crippen LogP contribution in [0.25, 0.3) is 0 Å². The predicted octanol–water partition coefficient (Wildman–Crippen LogP) is 1.51. The monoisotopic (exact) mass is 410 g/mol. The second kappa shape index (κ2) is 15.4. The first-order valence-electron chi connectivity index (χ1n) is 9.64. The molecular weight excluding hydrogens is 372 g/mol. The van der Waals surface area contributed by atoms with Gasteiger partial charge in [0.2, 0.25) is 0 Å². The Morgan fingerprint density at radius 2 is 1.44 bits per heavy atom. The number of rotatable bonds is 18. The van der Waals surface area contributed by atoms with Gasteiger partial charge in [0.05, 0.1) is 33.0 Å². The number of ether oxygens (including phenoxy) is 3. The van der Waals surface area contributed by atoms with Crippen molar-refractivity contribution in [1.82, 2.24) is 9.44 Å². The highest BCUT2D eigenvalue weighted by molar-refractivity contribution is 7.87. The van der Waals surface area contributed by atoms with Crippen LogP contribution in [-0.4, -0.2) is 66.9 Å². The summed E-state index contributed by atoms with van der Waals surface area (Å²) in [6.45, 7) is 10.7. The lowest BCUT2D eigenvalue weighted by Gasteiger charge is -2.18. The molecule has 0 spiro atoms. The second-order valence-corrected chi connectivity index (χ2v) is 8.82. The van der Waals surface area contributed by atoms with Gasteiger partial charge in [0, 0.05) is 32.0 Å². The zero-order valence-corrected chi connectivity index (χ0v) is 18.3. The molecule has 0 saturated carbocycles. The molecule has 2 N–H and O–H groups in total. The van der Waals surface area contributed by atoms with Gasteiger partial charge in [-0.15, -0.1) is 0 Å². The summed E-state index contributed by atoms with van der Waals surface area (Å²) in [7, 11) is -2.26. The van der Waals surface area contributed by atoms with Gasteiger partial charge >= 0.3 is 0 Å². The topological polar surface area (TPSA) is 103 Å². The molecule has 162 valence electrons. The van der Waals surface area contributed by atoms with Crippen LogP contribution in [0.1, 0.15) is 47.0 Å². The van der Waals surface area contributed by atoms with Crippen LogP contribution in [0.4, 0.5) is 0 Å². The number of carbonyl (C=O) groups excluding carboxylic acids is 1. The van der Waals surface area contributed by atoms with Crippen LogP contribution >= 0.6 is 0 Å². The van der Waals surface area contributed by atoms with Gasteiger partial charge in [0.1, 0.15) is 5.78 Å². The number of carbonyl (C=O) groups is 1. The Morgan fingerprint density at radius 3 is 1.96 bits per heavy atom. The van der Waals surface area contributed by atoms with Crippen molar-refractivity contribution in [3.63, 3.8) is 0 Å². The summed E-state index contributed by atoms with van der Waals surface area (Å²) in [5, 5.41) is 0. The highest BCUT2D eigenvalue weighted by Gasteiger charge is 2.18. The van der Waals surface area contributed by atoms with E-state index in [1.165, 1.54) is 7.05 Å². The Bertz CT molecular complexity index is 482. The summed E-state index contributed by atoms with van der Waals surface area (Å²) in [4.78, 5) is 11.8. The standard InChI is InChI=1S/C18H38N2O6S/c1-15(2)8-9-24-10-11-25-12-13-26-14-17(20-27(22,23)19-5)6-7-18(21)16(3)4/h15-17,19-20H,6-14H2,1-5H3. The minimum Gasteiger partial charge on any atom is -0.379 e. The van der Waals surface area contributed by atoms with Gasteiger partial charge in [-0.2, -0.15) is 13.1 Å². The Morgan fingerprint density at radius 1 is 0.889 bits per heavy atom. The van der Waals surface area contributed by atoms with Gasteiger partial charge in [-0.1, -0.05) is 27.7 Å². The van der Waals surface area contributed by atoms with Crippen molar-refractivity contribution in [2.45, 2.75) is 53.0 Å². The summed E-state index contributed by atoms with van der Waals surface area (Å²) >= 11 is 0. The SMILES string of the molecule is CNS(=O)(=O)NC(CCC(=O)C(C)C)COCCOCCOCCC(C)C. The molecule has 0 rings (SSSR count). The molecule has 0 heterocycles. The third-order valence-electron chi connectivity index (χ3n) is 3.88. The lowest BCUT2D eigenvalue weighted by atomic mass is 10.0. The molecule has 0 aromatic heterocycles. The zero-order chi connectivity index (χ0) is 20.7. The van der Waals surface area contributed by atoms with Crippen molar-refractivity contribution in [1.29, 1.82) is 0 Å². The Labute approximate surface area is 164 Å². The van der Waals surface area contributed by atoms with E-state index in [0.717, 1.165) is 13.0 Å². The number of ketones is 1. The molecule has 1 atom stereocenters. The maximum absolute atomic E-state index is 11.8. The van der Waals surface area contributed by atoms with E-state index < -0.39 is 16.3 Å². The molecular formula is C18H38N2O6S. The molecule has 0 amide bonds. The predicted molar refractivity (Wildman–Crippen MR) is 106 cm³/mol. The molecule has 0 saturated heterocycles. The van der Waals surface area contributed by atoms with Crippen molar-refractivity contribution < 1.29 is 27.4 Å². The van der Waals surface area contributed by atoms with Crippen LogP contribution < -0.4 is 9.44 Å². The van der Waals surface area contributed by atoms with E-state index in [1.807, 2.05) is 13.8 Å².